The van der Waals surface area contributed by atoms with Gasteiger partial charge in [0.2, 0.25) is 0 Å². The molecule has 16 heavy (non-hydrogen) atoms. The van der Waals surface area contributed by atoms with Crippen molar-refractivity contribution in [1.82, 2.24) is 4.57 Å². The number of hydrogen-bond acceptors (Lipinski definition) is 3. The molecule has 1 aromatic heterocycles. The average Bonchev–Trinajstić information content (AvgIpc) is 2.24. The fourth-order valence-corrected chi connectivity index (χ4v) is 1.88. The highest BCUT2D eigenvalue weighted by Gasteiger charge is 2.11. The molecule has 0 spiro atoms. The van der Waals surface area contributed by atoms with Crippen molar-refractivity contribution in [2.24, 2.45) is 0 Å². The molecule has 1 rings (SSSR count). The number of nitrogens with zero attached hydrogens (tertiary/aromatic N) is 2. The molecule has 1 heterocycles. The molecule has 0 atom stereocenters. The number of halogens is 2. The van der Waals surface area contributed by atoms with Crippen LogP contribution in [-0.2, 0) is 6.54 Å². The molecule has 7 heteroatoms. The fourth-order valence-electron chi connectivity index (χ4n) is 1.23. The molecule has 0 amide bonds. The van der Waals surface area contributed by atoms with E-state index in [1.54, 1.807) is 0 Å². The van der Waals surface area contributed by atoms with Crippen molar-refractivity contribution < 1.29 is 4.92 Å². The number of rotatable bonds is 5. The lowest BCUT2D eigenvalue weighted by atomic mass is 10.3. The molecule has 0 aliphatic rings. The van der Waals surface area contributed by atoms with Crippen molar-refractivity contribution in [3.05, 3.63) is 37.2 Å². The zero-order valence-corrected chi connectivity index (χ0v) is 10.7. The van der Waals surface area contributed by atoms with Crippen LogP contribution < -0.4 is 5.56 Å². The minimum atomic E-state index is -0.526. The molecule has 1 aromatic rings. The summed E-state index contributed by atoms with van der Waals surface area (Å²) in [5.74, 6) is 0.519. The summed E-state index contributed by atoms with van der Waals surface area (Å²) in [6.07, 6.45) is 2.74. The van der Waals surface area contributed by atoms with Crippen molar-refractivity contribution >= 4 is 33.2 Å². The first-order chi connectivity index (χ1) is 7.56. The summed E-state index contributed by atoms with van der Waals surface area (Å²) in [7, 11) is 0. The van der Waals surface area contributed by atoms with E-state index in [-0.39, 0.29) is 15.7 Å². The topological polar surface area (TPSA) is 65.1 Å². The van der Waals surface area contributed by atoms with Crippen LogP contribution in [-0.4, -0.2) is 15.4 Å². The molecule has 0 unspecified atom stereocenters. The summed E-state index contributed by atoms with van der Waals surface area (Å²) >= 11 is 8.53. The number of aryl methyl sites for hydroxylation is 1. The molecule has 0 fully saturated rings. The van der Waals surface area contributed by atoms with Gasteiger partial charge in [0.1, 0.15) is 0 Å². The molecule has 5 nitrogen and oxygen atoms in total. The van der Waals surface area contributed by atoms with Crippen molar-refractivity contribution in [2.45, 2.75) is 19.4 Å². The third kappa shape index (κ3) is 3.31. The van der Waals surface area contributed by atoms with Gasteiger partial charge in [0.15, 0.2) is 0 Å². The van der Waals surface area contributed by atoms with Crippen molar-refractivity contribution in [3.63, 3.8) is 0 Å². The smallest absolute Gasteiger partial charge is 0.286 e. The second-order valence-electron chi connectivity index (χ2n) is 3.20. The number of nitro groups is 1. The highest BCUT2D eigenvalue weighted by Crippen LogP contribution is 2.14. The van der Waals surface area contributed by atoms with Gasteiger partial charge in [0, 0.05) is 18.5 Å². The standard InChI is InChI=1S/C9H10BrClN2O3/c10-8-5-7(13(15)16)6-12(9(8)14)4-2-1-3-11/h5-6H,1-4H2. The molecule has 0 radical (unpaired) electrons. The summed E-state index contributed by atoms with van der Waals surface area (Å²) in [5, 5.41) is 10.6. The van der Waals surface area contributed by atoms with Crippen molar-refractivity contribution in [1.29, 1.82) is 0 Å². The van der Waals surface area contributed by atoms with E-state index in [1.807, 2.05) is 0 Å². The monoisotopic (exact) mass is 308 g/mol. The van der Waals surface area contributed by atoms with Crippen LogP contribution in [0.25, 0.3) is 0 Å². The average molecular weight is 310 g/mol. The van der Waals surface area contributed by atoms with Crippen LogP contribution in [0.5, 0.6) is 0 Å². The van der Waals surface area contributed by atoms with Crippen LogP contribution in [0.2, 0.25) is 0 Å². The van der Waals surface area contributed by atoms with Crippen LogP contribution in [0.3, 0.4) is 0 Å². The van der Waals surface area contributed by atoms with Gasteiger partial charge in [-0.3, -0.25) is 14.9 Å². The third-order valence-electron chi connectivity index (χ3n) is 2.02. The zero-order valence-electron chi connectivity index (χ0n) is 8.36. The van der Waals surface area contributed by atoms with Crippen LogP contribution >= 0.6 is 27.5 Å². The van der Waals surface area contributed by atoms with E-state index in [1.165, 1.54) is 16.8 Å². The Bertz CT molecular complexity index is 447. The first-order valence-electron chi connectivity index (χ1n) is 4.66. The van der Waals surface area contributed by atoms with Gasteiger partial charge in [-0.1, -0.05) is 0 Å². The lowest BCUT2D eigenvalue weighted by Crippen LogP contribution is -2.20. The first kappa shape index (κ1) is 13.2. The molecular weight excluding hydrogens is 299 g/mol. The van der Waals surface area contributed by atoms with Gasteiger partial charge in [0.25, 0.3) is 11.2 Å². The Kier molecular flexibility index (Phi) is 4.95. The lowest BCUT2D eigenvalue weighted by Gasteiger charge is -2.05. The Morgan fingerprint density at radius 3 is 2.75 bits per heavy atom. The number of alkyl halides is 1. The van der Waals surface area contributed by atoms with Crippen molar-refractivity contribution in [3.8, 4) is 0 Å². The third-order valence-corrected chi connectivity index (χ3v) is 2.86. The summed E-state index contributed by atoms with van der Waals surface area (Å²) in [4.78, 5) is 21.7. The second kappa shape index (κ2) is 6.00. The number of pyridine rings is 1. The van der Waals surface area contributed by atoms with E-state index in [0.717, 1.165) is 12.8 Å². The van der Waals surface area contributed by atoms with E-state index in [0.29, 0.717) is 12.4 Å². The molecule has 0 aliphatic carbocycles. The van der Waals surface area contributed by atoms with Gasteiger partial charge >= 0.3 is 0 Å². The highest BCUT2D eigenvalue weighted by atomic mass is 79.9. The summed E-state index contributed by atoms with van der Waals surface area (Å²) in [6.45, 7) is 0.436. The van der Waals surface area contributed by atoms with Crippen LogP contribution in [0.1, 0.15) is 12.8 Å². The van der Waals surface area contributed by atoms with E-state index < -0.39 is 4.92 Å². The first-order valence-corrected chi connectivity index (χ1v) is 5.99. The predicted molar refractivity (Wildman–Crippen MR) is 65.0 cm³/mol. The second-order valence-corrected chi connectivity index (χ2v) is 4.43. The molecule has 0 bridgehead atoms. The van der Waals surface area contributed by atoms with E-state index in [9.17, 15) is 14.9 Å². The largest absolute Gasteiger partial charge is 0.308 e. The Morgan fingerprint density at radius 1 is 1.50 bits per heavy atom. The fraction of sp³-hybridized carbons (Fsp3) is 0.444. The molecule has 0 saturated carbocycles. The SMILES string of the molecule is O=c1c(Br)cc([N+](=O)[O-])cn1CCCCCl. The maximum atomic E-state index is 11.6. The Hall–Kier alpha value is -0.880. The van der Waals surface area contributed by atoms with Crippen molar-refractivity contribution in [2.75, 3.05) is 5.88 Å². The number of aromatic nitrogens is 1. The maximum absolute atomic E-state index is 11.6. The Balaban J connectivity index is 2.98. The summed E-state index contributed by atoms with van der Waals surface area (Å²) in [5.41, 5.74) is -0.363. The molecule has 0 aromatic carbocycles. The van der Waals surface area contributed by atoms with Crippen LogP contribution in [0.15, 0.2) is 21.5 Å². The minimum absolute atomic E-state index is 0.0997. The van der Waals surface area contributed by atoms with Gasteiger partial charge in [-0.15, -0.1) is 11.6 Å². The Labute approximate surface area is 105 Å². The maximum Gasteiger partial charge on any atom is 0.286 e. The van der Waals surface area contributed by atoms with E-state index in [2.05, 4.69) is 15.9 Å². The van der Waals surface area contributed by atoms with Gasteiger partial charge in [-0.05, 0) is 28.8 Å². The zero-order chi connectivity index (χ0) is 12.1. The quantitative estimate of drug-likeness (QED) is 0.363. The van der Waals surface area contributed by atoms with E-state index in [4.69, 9.17) is 11.6 Å². The molecule has 88 valence electrons. The van der Waals surface area contributed by atoms with Crippen LogP contribution in [0.4, 0.5) is 5.69 Å². The van der Waals surface area contributed by atoms with Gasteiger partial charge < -0.3 is 4.57 Å². The number of hydrogen-bond donors (Lipinski definition) is 0. The minimum Gasteiger partial charge on any atom is -0.308 e. The van der Waals surface area contributed by atoms with Crippen LogP contribution in [0, 0.1) is 10.1 Å². The normalized spacial score (nSPS) is 10.4. The molecule has 0 N–H and O–H groups in total. The molecule has 0 saturated heterocycles. The molecule has 0 aliphatic heterocycles. The van der Waals surface area contributed by atoms with Gasteiger partial charge in [-0.2, -0.15) is 0 Å². The Morgan fingerprint density at radius 2 is 2.19 bits per heavy atom. The number of unbranched alkanes of at least 4 members (excludes halogenated alkanes) is 1. The lowest BCUT2D eigenvalue weighted by molar-refractivity contribution is -0.385. The van der Waals surface area contributed by atoms with Gasteiger partial charge in [0.05, 0.1) is 15.6 Å². The summed E-state index contributed by atoms with van der Waals surface area (Å²) < 4.78 is 1.53. The summed E-state index contributed by atoms with van der Waals surface area (Å²) in [6, 6.07) is 1.21. The van der Waals surface area contributed by atoms with Gasteiger partial charge in [-0.25, -0.2) is 0 Å². The predicted octanol–water partition coefficient (Wildman–Crippen LogP) is 2.54. The highest BCUT2D eigenvalue weighted by molar-refractivity contribution is 9.10. The molecular formula is C9H10BrClN2O3. The van der Waals surface area contributed by atoms with E-state index >= 15 is 0 Å².